The molecule has 0 atom stereocenters. The Morgan fingerprint density at radius 2 is 1.86 bits per heavy atom. The van der Waals surface area contributed by atoms with Gasteiger partial charge in [-0.05, 0) is 40.3 Å². The van der Waals surface area contributed by atoms with Gasteiger partial charge in [-0.2, -0.15) is 13.2 Å². The Morgan fingerprint density at radius 3 is 2.29 bits per heavy atom. The van der Waals surface area contributed by atoms with Crippen molar-refractivity contribution in [1.82, 2.24) is 0 Å². The summed E-state index contributed by atoms with van der Waals surface area (Å²) in [5.74, 6) is 0. The Hall–Kier alpha value is -0.500. The van der Waals surface area contributed by atoms with Crippen molar-refractivity contribution in [3.05, 3.63) is 26.8 Å². The van der Waals surface area contributed by atoms with Crippen molar-refractivity contribution in [1.29, 1.82) is 0 Å². The molecule has 0 bridgehead atoms. The number of anilines is 1. The number of hydrogen-bond donors (Lipinski definition) is 2. The predicted molar refractivity (Wildman–Crippen MR) is 56.5 cm³/mol. The number of halogens is 4. The van der Waals surface area contributed by atoms with Gasteiger partial charge in [-0.3, -0.25) is 0 Å². The van der Waals surface area contributed by atoms with E-state index in [1.54, 1.807) is 28.7 Å². The fraction of sp³-hybridized carbons (Fsp3) is 0.250. The van der Waals surface area contributed by atoms with Gasteiger partial charge in [0.15, 0.2) is 0 Å². The van der Waals surface area contributed by atoms with Crippen LogP contribution in [0.1, 0.15) is 11.1 Å². The molecule has 2 nitrogen and oxygen atoms in total. The highest BCUT2D eigenvalue weighted by atomic mass is 127. The van der Waals surface area contributed by atoms with E-state index in [1.807, 2.05) is 0 Å². The summed E-state index contributed by atoms with van der Waals surface area (Å²) in [6.07, 6.45) is -4.42. The third-order valence-corrected chi connectivity index (χ3v) is 2.62. The van der Waals surface area contributed by atoms with Crippen LogP contribution in [0.5, 0.6) is 0 Å². The van der Waals surface area contributed by atoms with Gasteiger partial charge in [-0.1, -0.05) is 0 Å². The zero-order valence-corrected chi connectivity index (χ0v) is 9.19. The number of benzene rings is 1. The van der Waals surface area contributed by atoms with E-state index >= 15 is 0 Å². The lowest BCUT2D eigenvalue weighted by Gasteiger charge is -2.12. The summed E-state index contributed by atoms with van der Waals surface area (Å²) in [5, 5.41) is 0. The van der Waals surface area contributed by atoms with Crippen LogP contribution in [0.2, 0.25) is 0 Å². The highest BCUT2D eigenvalue weighted by Gasteiger charge is 2.33. The fourth-order valence-corrected chi connectivity index (χ4v) is 1.72. The maximum absolute atomic E-state index is 12.4. The predicted octanol–water partition coefficient (Wildman–Crippen LogP) is 2.35. The Kier molecular flexibility index (Phi) is 3.25. The van der Waals surface area contributed by atoms with Gasteiger partial charge < -0.3 is 11.5 Å². The van der Waals surface area contributed by atoms with Gasteiger partial charge >= 0.3 is 6.18 Å². The molecule has 0 spiro atoms. The average Bonchev–Trinajstić information content (AvgIpc) is 2.07. The largest absolute Gasteiger partial charge is 0.418 e. The minimum Gasteiger partial charge on any atom is -0.397 e. The van der Waals surface area contributed by atoms with Crippen molar-refractivity contribution in [2.24, 2.45) is 5.73 Å². The van der Waals surface area contributed by atoms with E-state index in [4.69, 9.17) is 11.5 Å². The van der Waals surface area contributed by atoms with Crippen molar-refractivity contribution >= 4 is 28.3 Å². The first-order valence-electron chi connectivity index (χ1n) is 3.71. The van der Waals surface area contributed by atoms with Gasteiger partial charge in [0.2, 0.25) is 0 Å². The molecule has 0 aliphatic rings. The van der Waals surface area contributed by atoms with Crippen LogP contribution in [0.3, 0.4) is 0 Å². The van der Waals surface area contributed by atoms with Crippen LogP contribution >= 0.6 is 22.6 Å². The van der Waals surface area contributed by atoms with Gasteiger partial charge in [-0.15, -0.1) is 0 Å². The Balaban J connectivity index is 3.35. The Morgan fingerprint density at radius 1 is 1.29 bits per heavy atom. The molecular formula is C8H8F3IN2. The van der Waals surface area contributed by atoms with Gasteiger partial charge in [0, 0.05) is 10.1 Å². The second kappa shape index (κ2) is 3.93. The summed E-state index contributed by atoms with van der Waals surface area (Å²) >= 11 is 1.76. The van der Waals surface area contributed by atoms with Crippen LogP contribution in [-0.2, 0) is 12.7 Å². The molecule has 0 aliphatic heterocycles. The number of nitrogen functional groups attached to an aromatic ring is 1. The van der Waals surface area contributed by atoms with Crippen molar-refractivity contribution in [3.63, 3.8) is 0 Å². The first kappa shape index (κ1) is 11.6. The summed E-state index contributed by atoms with van der Waals surface area (Å²) in [6, 6.07) is 2.53. The maximum Gasteiger partial charge on any atom is 0.418 e. The fourth-order valence-electron chi connectivity index (χ4n) is 1.03. The van der Waals surface area contributed by atoms with E-state index < -0.39 is 11.7 Å². The SMILES string of the molecule is NCc1cc(I)c(N)c(C(F)(F)F)c1. The molecule has 4 N–H and O–H groups in total. The van der Waals surface area contributed by atoms with Gasteiger partial charge in [-0.25, -0.2) is 0 Å². The number of rotatable bonds is 1. The van der Waals surface area contributed by atoms with Crippen LogP contribution < -0.4 is 11.5 Å². The van der Waals surface area contributed by atoms with Crippen molar-refractivity contribution < 1.29 is 13.2 Å². The quantitative estimate of drug-likeness (QED) is 0.617. The zero-order valence-electron chi connectivity index (χ0n) is 7.03. The molecule has 0 saturated carbocycles. The second-order valence-corrected chi connectivity index (χ2v) is 3.90. The first-order valence-corrected chi connectivity index (χ1v) is 4.79. The van der Waals surface area contributed by atoms with Gasteiger partial charge in [0.1, 0.15) is 0 Å². The highest BCUT2D eigenvalue weighted by Crippen LogP contribution is 2.36. The van der Waals surface area contributed by atoms with Crippen LogP contribution in [0.15, 0.2) is 12.1 Å². The molecule has 0 amide bonds. The highest BCUT2D eigenvalue weighted by molar-refractivity contribution is 14.1. The Labute approximate surface area is 92.6 Å². The molecule has 1 rings (SSSR count). The summed E-state index contributed by atoms with van der Waals surface area (Å²) in [4.78, 5) is 0. The third-order valence-electron chi connectivity index (χ3n) is 1.73. The molecule has 0 aliphatic carbocycles. The second-order valence-electron chi connectivity index (χ2n) is 2.74. The van der Waals surface area contributed by atoms with Crippen molar-refractivity contribution in [2.75, 3.05) is 5.73 Å². The summed E-state index contributed by atoms with van der Waals surface area (Å²) in [6.45, 7) is 0.0688. The molecule has 78 valence electrons. The molecule has 0 radical (unpaired) electrons. The minimum atomic E-state index is -4.42. The standard InChI is InChI=1S/C8H8F3IN2/c9-8(10,11)5-1-4(3-13)2-6(12)7(5)14/h1-2H,3,13-14H2. The van der Waals surface area contributed by atoms with Crippen LogP contribution in [-0.4, -0.2) is 0 Å². The van der Waals surface area contributed by atoms with E-state index in [0.29, 0.717) is 9.13 Å². The molecule has 14 heavy (non-hydrogen) atoms. The van der Waals surface area contributed by atoms with E-state index in [1.165, 1.54) is 0 Å². The summed E-state index contributed by atoms with van der Waals surface area (Å²) in [5.41, 5.74) is 9.96. The normalized spacial score (nSPS) is 11.8. The third kappa shape index (κ3) is 2.30. The molecule has 1 aromatic rings. The molecule has 0 unspecified atom stereocenters. The average molecular weight is 316 g/mol. The van der Waals surface area contributed by atoms with Gasteiger partial charge in [0.05, 0.1) is 11.3 Å². The smallest absolute Gasteiger partial charge is 0.397 e. The lowest BCUT2D eigenvalue weighted by atomic mass is 10.1. The van der Waals surface area contributed by atoms with E-state index in [0.717, 1.165) is 6.07 Å². The Bertz CT molecular complexity index is 349. The molecule has 0 saturated heterocycles. The van der Waals surface area contributed by atoms with Crippen LogP contribution in [0, 0.1) is 3.57 Å². The van der Waals surface area contributed by atoms with E-state index in [-0.39, 0.29) is 12.2 Å². The molecule has 0 aromatic heterocycles. The lowest BCUT2D eigenvalue weighted by Crippen LogP contribution is -2.12. The summed E-state index contributed by atoms with van der Waals surface area (Å²) in [7, 11) is 0. The van der Waals surface area contributed by atoms with E-state index in [2.05, 4.69) is 0 Å². The lowest BCUT2D eigenvalue weighted by molar-refractivity contribution is -0.137. The molecule has 0 fully saturated rings. The first-order chi connectivity index (χ1) is 6.36. The summed E-state index contributed by atoms with van der Waals surface area (Å²) < 4.78 is 37.6. The number of nitrogens with two attached hydrogens (primary N) is 2. The molecular weight excluding hydrogens is 308 g/mol. The monoisotopic (exact) mass is 316 g/mol. The molecule has 0 heterocycles. The zero-order chi connectivity index (χ0) is 10.9. The van der Waals surface area contributed by atoms with Crippen LogP contribution in [0.4, 0.5) is 18.9 Å². The van der Waals surface area contributed by atoms with Crippen molar-refractivity contribution in [2.45, 2.75) is 12.7 Å². The minimum absolute atomic E-state index is 0.0688. The number of hydrogen-bond acceptors (Lipinski definition) is 2. The van der Waals surface area contributed by atoms with Crippen LogP contribution in [0.25, 0.3) is 0 Å². The topological polar surface area (TPSA) is 52.0 Å². The number of alkyl halides is 3. The molecule has 6 heteroatoms. The molecule has 1 aromatic carbocycles. The van der Waals surface area contributed by atoms with E-state index in [9.17, 15) is 13.2 Å². The maximum atomic E-state index is 12.4. The van der Waals surface area contributed by atoms with Crippen molar-refractivity contribution in [3.8, 4) is 0 Å². The van der Waals surface area contributed by atoms with Gasteiger partial charge in [0.25, 0.3) is 0 Å².